The average Bonchev–Trinajstić information content (AvgIpc) is 2.59. The molecule has 3 rings (SSSR count). The van der Waals surface area contributed by atoms with Gasteiger partial charge in [-0.25, -0.2) is 0 Å². The Morgan fingerprint density at radius 1 is 1.40 bits per heavy atom. The number of aromatic nitrogens is 1. The van der Waals surface area contributed by atoms with Gasteiger partial charge in [0, 0.05) is 19.3 Å². The molecule has 80 valence electrons. The molecule has 0 aliphatic carbocycles. The van der Waals surface area contributed by atoms with Gasteiger partial charge in [0.15, 0.2) is 0 Å². The fraction of sp³-hybridized carbons (Fsp3) is 0.583. The molecule has 2 saturated heterocycles. The molecule has 15 heavy (non-hydrogen) atoms. The van der Waals surface area contributed by atoms with E-state index in [0.29, 0.717) is 5.54 Å². The minimum Gasteiger partial charge on any atom is -0.366 e. The van der Waals surface area contributed by atoms with E-state index in [1.54, 1.807) is 0 Å². The van der Waals surface area contributed by atoms with Crippen LogP contribution in [0.4, 0.5) is 5.69 Å². The second-order valence-corrected chi connectivity index (χ2v) is 4.82. The predicted molar refractivity (Wildman–Crippen MR) is 61.0 cm³/mol. The van der Waals surface area contributed by atoms with Crippen molar-refractivity contribution >= 4 is 5.69 Å². The SMILES string of the molecule is CN1CCCC12CN(c1cccnc1)C2. The standard InChI is InChI=1S/C12H17N3/c1-14-7-3-5-12(14)9-15(10-12)11-4-2-6-13-8-11/h2,4,6,8H,3,5,7,9-10H2,1H3. The lowest BCUT2D eigenvalue weighted by Crippen LogP contribution is -2.67. The van der Waals surface area contributed by atoms with Crippen molar-refractivity contribution in [1.82, 2.24) is 9.88 Å². The van der Waals surface area contributed by atoms with Crippen molar-refractivity contribution in [3.8, 4) is 0 Å². The van der Waals surface area contributed by atoms with Gasteiger partial charge in [0.2, 0.25) is 0 Å². The molecule has 2 aliphatic heterocycles. The van der Waals surface area contributed by atoms with Crippen molar-refractivity contribution in [2.75, 3.05) is 31.6 Å². The quantitative estimate of drug-likeness (QED) is 0.687. The predicted octanol–water partition coefficient (Wildman–Crippen LogP) is 1.37. The summed E-state index contributed by atoms with van der Waals surface area (Å²) in [6.07, 6.45) is 6.51. The summed E-state index contributed by atoms with van der Waals surface area (Å²) in [4.78, 5) is 9.12. The summed E-state index contributed by atoms with van der Waals surface area (Å²) in [7, 11) is 2.26. The molecule has 3 heteroatoms. The van der Waals surface area contributed by atoms with Crippen molar-refractivity contribution in [1.29, 1.82) is 0 Å². The van der Waals surface area contributed by atoms with Crippen molar-refractivity contribution in [3.05, 3.63) is 24.5 Å². The summed E-state index contributed by atoms with van der Waals surface area (Å²) in [6.45, 7) is 3.62. The minimum absolute atomic E-state index is 0.482. The number of hydrogen-bond donors (Lipinski definition) is 0. The summed E-state index contributed by atoms with van der Waals surface area (Å²) in [5.74, 6) is 0. The first-order valence-corrected chi connectivity index (χ1v) is 5.66. The largest absolute Gasteiger partial charge is 0.366 e. The maximum Gasteiger partial charge on any atom is 0.0557 e. The number of likely N-dealkylation sites (N-methyl/N-ethyl adjacent to an activating group) is 1. The van der Waals surface area contributed by atoms with E-state index in [1.807, 2.05) is 18.5 Å². The Morgan fingerprint density at radius 2 is 2.27 bits per heavy atom. The van der Waals surface area contributed by atoms with E-state index in [-0.39, 0.29) is 0 Å². The van der Waals surface area contributed by atoms with E-state index in [9.17, 15) is 0 Å². The Kier molecular flexibility index (Phi) is 1.96. The van der Waals surface area contributed by atoms with Gasteiger partial charge in [-0.15, -0.1) is 0 Å². The summed E-state index contributed by atoms with van der Waals surface area (Å²) < 4.78 is 0. The second-order valence-electron chi connectivity index (χ2n) is 4.82. The lowest BCUT2D eigenvalue weighted by Gasteiger charge is -2.53. The van der Waals surface area contributed by atoms with E-state index in [2.05, 4.69) is 27.9 Å². The number of anilines is 1. The zero-order valence-electron chi connectivity index (χ0n) is 9.19. The molecule has 0 bridgehead atoms. The molecule has 0 N–H and O–H groups in total. The van der Waals surface area contributed by atoms with Crippen LogP contribution < -0.4 is 4.90 Å². The topological polar surface area (TPSA) is 19.4 Å². The first kappa shape index (κ1) is 9.16. The maximum atomic E-state index is 4.17. The number of nitrogens with zero attached hydrogens (tertiary/aromatic N) is 3. The molecule has 0 amide bonds. The molecule has 3 heterocycles. The van der Waals surface area contributed by atoms with Gasteiger partial charge in [-0.3, -0.25) is 9.88 Å². The molecule has 0 radical (unpaired) electrons. The van der Waals surface area contributed by atoms with Gasteiger partial charge in [-0.05, 0) is 38.6 Å². The van der Waals surface area contributed by atoms with Crippen molar-refractivity contribution in [2.24, 2.45) is 0 Å². The Morgan fingerprint density at radius 3 is 2.87 bits per heavy atom. The van der Waals surface area contributed by atoms with Crippen LogP contribution in [0, 0.1) is 0 Å². The average molecular weight is 203 g/mol. The third-order valence-corrected chi connectivity index (χ3v) is 3.93. The van der Waals surface area contributed by atoms with E-state index >= 15 is 0 Å². The van der Waals surface area contributed by atoms with Crippen LogP contribution in [-0.2, 0) is 0 Å². The zero-order chi connectivity index (χ0) is 10.3. The highest BCUT2D eigenvalue weighted by atomic mass is 15.4. The number of rotatable bonds is 1. The van der Waals surface area contributed by atoms with Crippen LogP contribution >= 0.6 is 0 Å². The van der Waals surface area contributed by atoms with Gasteiger partial charge in [0.25, 0.3) is 0 Å². The zero-order valence-corrected chi connectivity index (χ0v) is 9.19. The Labute approximate surface area is 90.7 Å². The smallest absolute Gasteiger partial charge is 0.0557 e. The van der Waals surface area contributed by atoms with Crippen molar-refractivity contribution in [3.63, 3.8) is 0 Å². The molecule has 2 fully saturated rings. The normalized spacial score (nSPS) is 24.5. The fourth-order valence-electron chi connectivity index (χ4n) is 2.86. The molecule has 1 aromatic heterocycles. The summed E-state index contributed by atoms with van der Waals surface area (Å²) in [5, 5.41) is 0. The van der Waals surface area contributed by atoms with E-state index in [4.69, 9.17) is 0 Å². The number of likely N-dealkylation sites (tertiary alicyclic amines) is 1. The molecule has 1 aromatic rings. The maximum absolute atomic E-state index is 4.17. The van der Waals surface area contributed by atoms with Crippen LogP contribution in [0.1, 0.15) is 12.8 Å². The van der Waals surface area contributed by atoms with E-state index in [1.165, 1.54) is 38.2 Å². The van der Waals surface area contributed by atoms with Gasteiger partial charge in [0.1, 0.15) is 0 Å². The van der Waals surface area contributed by atoms with Gasteiger partial charge >= 0.3 is 0 Å². The van der Waals surface area contributed by atoms with Crippen LogP contribution in [0.3, 0.4) is 0 Å². The number of pyridine rings is 1. The van der Waals surface area contributed by atoms with Gasteiger partial charge < -0.3 is 4.90 Å². The lowest BCUT2D eigenvalue weighted by atomic mass is 9.87. The van der Waals surface area contributed by atoms with Crippen LogP contribution in [0.25, 0.3) is 0 Å². The van der Waals surface area contributed by atoms with Crippen LogP contribution in [0.15, 0.2) is 24.5 Å². The second kappa shape index (κ2) is 3.20. The van der Waals surface area contributed by atoms with Crippen molar-refractivity contribution in [2.45, 2.75) is 18.4 Å². The first-order valence-electron chi connectivity index (χ1n) is 5.66. The van der Waals surface area contributed by atoms with E-state index < -0.39 is 0 Å². The van der Waals surface area contributed by atoms with Gasteiger partial charge in [-0.2, -0.15) is 0 Å². The molecule has 2 aliphatic rings. The molecule has 1 spiro atoms. The lowest BCUT2D eigenvalue weighted by molar-refractivity contribution is 0.133. The summed E-state index contributed by atoms with van der Waals surface area (Å²) in [6, 6.07) is 4.16. The Bertz CT molecular complexity index is 343. The third kappa shape index (κ3) is 1.34. The number of hydrogen-bond acceptors (Lipinski definition) is 3. The third-order valence-electron chi connectivity index (χ3n) is 3.93. The molecular formula is C12H17N3. The first-order chi connectivity index (χ1) is 7.30. The molecule has 0 unspecified atom stereocenters. The van der Waals surface area contributed by atoms with E-state index in [0.717, 1.165) is 0 Å². The highest BCUT2D eigenvalue weighted by Crippen LogP contribution is 2.38. The monoisotopic (exact) mass is 203 g/mol. The molecule has 0 aromatic carbocycles. The van der Waals surface area contributed by atoms with Crippen molar-refractivity contribution < 1.29 is 0 Å². The summed E-state index contributed by atoms with van der Waals surface area (Å²) in [5.41, 5.74) is 1.75. The van der Waals surface area contributed by atoms with Crippen LogP contribution in [0.5, 0.6) is 0 Å². The molecule has 3 nitrogen and oxygen atoms in total. The van der Waals surface area contributed by atoms with Crippen LogP contribution in [-0.4, -0.2) is 42.1 Å². The molecule has 0 saturated carbocycles. The highest BCUT2D eigenvalue weighted by molar-refractivity contribution is 5.49. The van der Waals surface area contributed by atoms with Gasteiger partial charge in [0.05, 0.1) is 17.4 Å². The summed E-state index contributed by atoms with van der Waals surface area (Å²) >= 11 is 0. The van der Waals surface area contributed by atoms with Gasteiger partial charge in [-0.1, -0.05) is 0 Å². The minimum atomic E-state index is 0.482. The molecule has 0 atom stereocenters. The van der Waals surface area contributed by atoms with Crippen LogP contribution in [0.2, 0.25) is 0 Å². The molecular weight excluding hydrogens is 186 g/mol. The fourth-order valence-corrected chi connectivity index (χ4v) is 2.86. The Balaban J connectivity index is 1.71. The highest BCUT2D eigenvalue weighted by Gasteiger charge is 2.48. The Hall–Kier alpha value is -1.09.